The molecule has 1 aromatic carbocycles. The minimum atomic E-state index is -1.25. The highest BCUT2D eigenvalue weighted by Gasteiger charge is 2.36. The Labute approximate surface area is 214 Å². The van der Waals surface area contributed by atoms with Crippen molar-refractivity contribution in [2.45, 2.75) is 84.8 Å². The van der Waals surface area contributed by atoms with Crippen molar-refractivity contribution in [2.24, 2.45) is 11.8 Å². The first kappa shape index (κ1) is 29.1. The largest absolute Gasteiger partial charge is 0.508 e. The number of benzene rings is 1. The fourth-order valence-corrected chi connectivity index (χ4v) is 4.14. The molecule has 2 rings (SSSR count). The molecule has 9 nitrogen and oxygen atoms in total. The van der Waals surface area contributed by atoms with Gasteiger partial charge in [0, 0.05) is 19.5 Å². The third-order valence-electron chi connectivity index (χ3n) is 6.48. The van der Waals surface area contributed by atoms with Gasteiger partial charge < -0.3 is 26.0 Å². The molecule has 0 spiro atoms. The minimum Gasteiger partial charge on any atom is -0.508 e. The normalized spacial score (nSPS) is 15.5. The summed E-state index contributed by atoms with van der Waals surface area (Å²) in [5.41, 5.74) is -0.354. The number of aryl methyl sites for hydroxylation is 1. The molecule has 2 atom stereocenters. The van der Waals surface area contributed by atoms with Crippen LogP contribution >= 0.6 is 0 Å². The first-order valence-corrected chi connectivity index (χ1v) is 12.8. The van der Waals surface area contributed by atoms with Gasteiger partial charge in [-0.3, -0.25) is 19.2 Å². The summed E-state index contributed by atoms with van der Waals surface area (Å²) in [7, 11) is 0. The zero-order valence-electron chi connectivity index (χ0n) is 22.4. The van der Waals surface area contributed by atoms with Gasteiger partial charge in [0.05, 0.1) is 0 Å². The molecule has 1 fully saturated rings. The van der Waals surface area contributed by atoms with Crippen molar-refractivity contribution in [3.63, 3.8) is 0 Å². The van der Waals surface area contributed by atoms with Crippen LogP contribution in [-0.4, -0.2) is 64.3 Å². The Morgan fingerprint density at radius 2 is 1.47 bits per heavy atom. The average Bonchev–Trinajstić information content (AvgIpc) is 3.34. The number of nitrogens with one attached hydrogen (secondary N) is 3. The van der Waals surface area contributed by atoms with E-state index >= 15 is 0 Å². The van der Waals surface area contributed by atoms with Gasteiger partial charge >= 0.3 is 0 Å². The molecular weight excluding hydrogens is 460 g/mol. The number of amides is 4. The first-order chi connectivity index (χ1) is 16.8. The summed E-state index contributed by atoms with van der Waals surface area (Å²) in [6, 6.07) is 5.07. The molecule has 0 aromatic heterocycles. The lowest BCUT2D eigenvalue weighted by Gasteiger charge is -2.32. The van der Waals surface area contributed by atoms with E-state index in [1.807, 2.05) is 27.7 Å². The van der Waals surface area contributed by atoms with Crippen molar-refractivity contribution in [2.75, 3.05) is 13.1 Å². The van der Waals surface area contributed by atoms with E-state index in [0.29, 0.717) is 19.5 Å². The smallest absolute Gasteiger partial charge is 0.245 e. The molecule has 200 valence electrons. The summed E-state index contributed by atoms with van der Waals surface area (Å²) in [5.74, 6) is -1.47. The molecule has 0 unspecified atom stereocenters. The molecule has 1 aromatic rings. The van der Waals surface area contributed by atoms with Gasteiger partial charge in [-0.25, -0.2) is 0 Å². The van der Waals surface area contributed by atoms with Gasteiger partial charge in [0.1, 0.15) is 23.4 Å². The maximum absolute atomic E-state index is 13.2. The summed E-state index contributed by atoms with van der Waals surface area (Å²) in [6.45, 7) is 12.0. The van der Waals surface area contributed by atoms with Gasteiger partial charge in [0.2, 0.25) is 23.6 Å². The number of rotatable bonds is 11. The Bertz CT molecular complexity index is 921. The molecule has 1 heterocycles. The van der Waals surface area contributed by atoms with Crippen LogP contribution in [0.4, 0.5) is 0 Å². The van der Waals surface area contributed by atoms with E-state index in [4.69, 9.17) is 0 Å². The summed E-state index contributed by atoms with van der Waals surface area (Å²) in [6.07, 6.45) is 2.56. The van der Waals surface area contributed by atoms with E-state index in [1.54, 1.807) is 43.0 Å². The van der Waals surface area contributed by atoms with Crippen molar-refractivity contribution < 1.29 is 24.3 Å². The number of hydrogen-bond acceptors (Lipinski definition) is 5. The molecule has 0 bridgehead atoms. The number of nitrogens with zero attached hydrogens (tertiary/aromatic N) is 1. The highest BCUT2D eigenvalue weighted by atomic mass is 16.3. The molecule has 1 aliphatic heterocycles. The van der Waals surface area contributed by atoms with E-state index in [9.17, 15) is 24.3 Å². The molecule has 1 aliphatic rings. The number of carbonyl (C=O) groups is 4. The summed E-state index contributed by atoms with van der Waals surface area (Å²) >= 11 is 0. The lowest BCUT2D eigenvalue weighted by Crippen LogP contribution is -2.62. The number of likely N-dealkylation sites (tertiary alicyclic amines) is 1. The Balaban J connectivity index is 1.98. The maximum atomic E-state index is 13.2. The third kappa shape index (κ3) is 8.24. The van der Waals surface area contributed by atoms with Crippen LogP contribution < -0.4 is 16.0 Å². The second-order valence-electron chi connectivity index (χ2n) is 10.8. The number of hydrogen-bond donors (Lipinski definition) is 4. The zero-order chi connectivity index (χ0) is 27.0. The predicted molar refractivity (Wildman–Crippen MR) is 138 cm³/mol. The molecule has 4 N–H and O–H groups in total. The molecule has 36 heavy (non-hydrogen) atoms. The van der Waals surface area contributed by atoms with Crippen molar-refractivity contribution in [3.8, 4) is 5.75 Å². The summed E-state index contributed by atoms with van der Waals surface area (Å²) < 4.78 is 0. The van der Waals surface area contributed by atoms with Crippen LogP contribution in [0, 0.1) is 11.8 Å². The van der Waals surface area contributed by atoms with Crippen LogP contribution in [-0.2, 0) is 25.6 Å². The van der Waals surface area contributed by atoms with Crippen molar-refractivity contribution >= 4 is 23.6 Å². The quantitative estimate of drug-likeness (QED) is 0.369. The Morgan fingerprint density at radius 3 is 2.00 bits per heavy atom. The fourth-order valence-electron chi connectivity index (χ4n) is 4.14. The highest BCUT2D eigenvalue weighted by Crippen LogP contribution is 2.15. The van der Waals surface area contributed by atoms with Crippen LogP contribution in [0.3, 0.4) is 0 Å². The van der Waals surface area contributed by atoms with Gasteiger partial charge in [-0.2, -0.15) is 0 Å². The first-order valence-electron chi connectivity index (χ1n) is 12.8. The minimum absolute atomic E-state index is 0.0918. The van der Waals surface area contributed by atoms with Crippen molar-refractivity contribution in [1.29, 1.82) is 0 Å². The second kappa shape index (κ2) is 12.7. The highest BCUT2D eigenvalue weighted by molar-refractivity contribution is 5.96. The third-order valence-corrected chi connectivity index (χ3v) is 6.48. The lowest BCUT2D eigenvalue weighted by molar-refractivity contribution is -0.139. The second-order valence-corrected chi connectivity index (χ2v) is 10.8. The zero-order valence-corrected chi connectivity index (χ0v) is 22.4. The van der Waals surface area contributed by atoms with Gasteiger partial charge in [0.15, 0.2) is 0 Å². The molecule has 1 saturated heterocycles. The van der Waals surface area contributed by atoms with E-state index in [0.717, 1.165) is 18.4 Å². The fraction of sp³-hybridized carbons (Fsp3) is 0.630. The topological polar surface area (TPSA) is 128 Å². The number of carbonyl (C=O) groups excluding carboxylic acids is 4. The van der Waals surface area contributed by atoms with Gasteiger partial charge in [0.25, 0.3) is 0 Å². The van der Waals surface area contributed by atoms with E-state index < -0.39 is 29.4 Å². The number of phenolic OH excluding ortho intramolecular Hbond substituents is 1. The Morgan fingerprint density at radius 1 is 0.917 bits per heavy atom. The van der Waals surface area contributed by atoms with Crippen LogP contribution in [0.1, 0.15) is 66.4 Å². The number of phenols is 1. The lowest BCUT2D eigenvalue weighted by atomic mass is 9.97. The molecule has 0 radical (unpaired) electrons. The van der Waals surface area contributed by atoms with E-state index in [2.05, 4.69) is 16.0 Å². The molecule has 0 aliphatic carbocycles. The standard InChI is InChI=1S/C27H42N4O5/c1-17(2)22(24(34)28-23(18(3)4)25(35)31-15-7-8-16-31)29-26(36)27(5,6)30-21(33)14-11-19-9-12-20(32)13-10-19/h9-10,12-13,17-18,22-23,32H,7-8,11,14-16H2,1-6H3,(H,28,34)(H,29,36)(H,30,33)/t22-,23-/m0/s1. The maximum Gasteiger partial charge on any atom is 0.245 e. The van der Waals surface area contributed by atoms with Gasteiger partial charge in [-0.15, -0.1) is 0 Å². The van der Waals surface area contributed by atoms with Crippen LogP contribution in [0.15, 0.2) is 24.3 Å². The molecular formula is C27H42N4O5. The average molecular weight is 503 g/mol. The monoisotopic (exact) mass is 502 g/mol. The van der Waals surface area contributed by atoms with Crippen molar-refractivity contribution in [1.82, 2.24) is 20.9 Å². The van der Waals surface area contributed by atoms with E-state index in [-0.39, 0.29) is 35.8 Å². The Hall–Kier alpha value is -3.10. The van der Waals surface area contributed by atoms with Crippen LogP contribution in [0.25, 0.3) is 0 Å². The van der Waals surface area contributed by atoms with Gasteiger partial charge in [-0.05, 0) is 62.6 Å². The Kier molecular flexibility index (Phi) is 10.3. The van der Waals surface area contributed by atoms with Crippen molar-refractivity contribution in [3.05, 3.63) is 29.8 Å². The molecule has 0 saturated carbocycles. The number of aromatic hydroxyl groups is 1. The van der Waals surface area contributed by atoms with E-state index in [1.165, 1.54) is 0 Å². The van der Waals surface area contributed by atoms with Crippen LogP contribution in [0.2, 0.25) is 0 Å². The van der Waals surface area contributed by atoms with Crippen LogP contribution in [0.5, 0.6) is 5.75 Å². The molecule has 4 amide bonds. The molecule has 9 heteroatoms. The predicted octanol–water partition coefficient (Wildman–Crippen LogP) is 2.12. The van der Waals surface area contributed by atoms with Gasteiger partial charge in [-0.1, -0.05) is 39.8 Å². The summed E-state index contributed by atoms with van der Waals surface area (Å²) in [5, 5.41) is 17.8. The summed E-state index contributed by atoms with van der Waals surface area (Å²) in [4.78, 5) is 53.5. The SMILES string of the molecule is CC(C)[C@H](NC(=O)C(C)(C)NC(=O)CCc1ccc(O)cc1)C(=O)N[C@H](C(=O)N1CCCC1)C(C)C.